The minimum absolute atomic E-state index is 0.00748. The number of anilines is 1. The Labute approximate surface area is 159 Å². The van der Waals surface area contributed by atoms with Crippen molar-refractivity contribution >= 4 is 23.5 Å². The van der Waals surface area contributed by atoms with E-state index in [0.717, 1.165) is 0 Å². The Bertz CT molecular complexity index is 830. The van der Waals surface area contributed by atoms with E-state index in [2.05, 4.69) is 15.4 Å². The standard InChI is InChI=1S/C19H18F2N2O5/c1-12(17(25)23-14-9-5-6-10-15(14)28-19(20)21)27-16(24)11-22-18(26)13-7-3-2-4-8-13/h2-10,12,19H,11H2,1H3,(H,22,26)(H,23,25). The summed E-state index contributed by atoms with van der Waals surface area (Å²) < 4.78 is 34.1. The van der Waals surface area contributed by atoms with Crippen LogP contribution < -0.4 is 15.4 Å². The molecule has 2 amide bonds. The van der Waals surface area contributed by atoms with Crippen LogP contribution in [0.4, 0.5) is 14.5 Å². The summed E-state index contributed by atoms with van der Waals surface area (Å²) in [5, 5.41) is 4.72. The highest BCUT2D eigenvalue weighted by atomic mass is 19.3. The van der Waals surface area contributed by atoms with Crippen molar-refractivity contribution in [2.75, 3.05) is 11.9 Å². The molecule has 0 radical (unpaired) electrons. The lowest BCUT2D eigenvalue weighted by atomic mass is 10.2. The van der Waals surface area contributed by atoms with Gasteiger partial charge in [-0.25, -0.2) is 0 Å². The van der Waals surface area contributed by atoms with E-state index in [9.17, 15) is 23.2 Å². The predicted octanol–water partition coefficient (Wildman–Crippen LogP) is 2.59. The van der Waals surface area contributed by atoms with Crippen molar-refractivity contribution in [1.82, 2.24) is 5.32 Å². The highest BCUT2D eigenvalue weighted by Gasteiger charge is 2.20. The monoisotopic (exact) mass is 392 g/mol. The maximum atomic E-state index is 12.4. The van der Waals surface area contributed by atoms with Crippen LogP contribution in [-0.4, -0.2) is 37.0 Å². The molecule has 0 saturated heterocycles. The molecule has 0 spiro atoms. The molecule has 0 fully saturated rings. The van der Waals surface area contributed by atoms with Gasteiger partial charge in [0, 0.05) is 5.56 Å². The van der Waals surface area contributed by atoms with Crippen LogP contribution in [0.15, 0.2) is 54.6 Å². The summed E-state index contributed by atoms with van der Waals surface area (Å²) in [7, 11) is 0. The van der Waals surface area contributed by atoms with Gasteiger partial charge in [-0.1, -0.05) is 30.3 Å². The van der Waals surface area contributed by atoms with E-state index in [0.29, 0.717) is 5.56 Å². The lowest BCUT2D eigenvalue weighted by molar-refractivity contribution is -0.152. The number of esters is 1. The lowest BCUT2D eigenvalue weighted by Gasteiger charge is -2.16. The number of carbonyl (C=O) groups is 3. The zero-order valence-electron chi connectivity index (χ0n) is 14.9. The molecular weight excluding hydrogens is 374 g/mol. The summed E-state index contributed by atoms with van der Waals surface area (Å²) in [6.45, 7) is -2.18. The molecule has 0 aromatic heterocycles. The molecule has 2 aromatic carbocycles. The normalized spacial score (nSPS) is 11.4. The van der Waals surface area contributed by atoms with E-state index >= 15 is 0 Å². The number of carbonyl (C=O) groups excluding carboxylic acids is 3. The SMILES string of the molecule is CC(OC(=O)CNC(=O)c1ccccc1)C(=O)Nc1ccccc1OC(F)F. The molecule has 9 heteroatoms. The van der Waals surface area contributed by atoms with Gasteiger partial charge in [0.25, 0.3) is 11.8 Å². The molecule has 0 saturated carbocycles. The maximum Gasteiger partial charge on any atom is 0.387 e. The molecule has 2 rings (SSSR count). The predicted molar refractivity (Wildman–Crippen MR) is 96.0 cm³/mol. The number of alkyl halides is 2. The highest BCUT2D eigenvalue weighted by Crippen LogP contribution is 2.25. The van der Waals surface area contributed by atoms with Gasteiger partial charge in [-0.15, -0.1) is 0 Å². The number of ether oxygens (including phenoxy) is 2. The van der Waals surface area contributed by atoms with Crippen LogP contribution in [-0.2, 0) is 14.3 Å². The lowest BCUT2D eigenvalue weighted by Crippen LogP contribution is -2.35. The van der Waals surface area contributed by atoms with Crippen molar-refractivity contribution in [3.8, 4) is 5.75 Å². The van der Waals surface area contributed by atoms with Gasteiger partial charge >= 0.3 is 12.6 Å². The van der Waals surface area contributed by atoms with E-state index in [1.807, 2.05) is 0 Å². The number of benzene rings is 2. The van der Waals surface area contributed by atoms with E-state index < -0.39 is 37.0 Å². The Morgan fingerprint density at radius 3 is 2.32 bits per heavy atom. The van der Waals surface area contributed by atoms with E-state index in [1.165, 1.54) is 31.2 Å². The number of amides is 2. The molecule has 148 valence electrons. The third kappa shape index (κ3) is 6.35. The molecular formula is C19H18F2N2O5. The van der Waals surface area contributed by atoms with Crippen molar-refractivity contribution in [1.29, 1.82) is 0 Å². The van der Waals surface area contributed by atoms with Gasteiger partial charge in [-0.2, -0.15) is 8.78 Å². The second-order valence-corrected chi connectivity index (χ2v) is 5.54. The van der Waals surface area contributed by atoms with E-state index in [1.54, 1.807) is 30.3 Å². The summed E-state index contributed by atoms with van der Waals surface area (Å²) in [5.74, 6) is -2.26. The first kappa shape index (κ1) is 20.8. The average molecular weight is 392 g/mol. The molecule has 0 aliphatic heterocycles. The number of hydrogen-bond donors (Lipinski definition) is 2. The van der Waals surface area contributed by atoms with Crippen LogP contribution in [0.2, 0.25) is 0 Å². The van der Waals surface area contributed by atoms with Gasteiger partial charge < -0.3 is 20.1 Å². The van der Waals surface area contributed by atoms with Crippen LogP contribution in [0, 0.1) is 0 Å². The average Bonchev–Trinajstić information content (AvgIpc) is 2.67. The van der Waals surface area contributed by atoms with Crippen LogP contribution in [0.25, 0.3) is 0 Å². The van der Waals surface area contributed by atoms with Gasteiger partial charge in [0.15, 0.2) is 6.10 Å². The van der Waals surface area contributed by atoms with Crippen molar-refractivity contribution in [2.45, 2.75) is 19.6 Å². The summed E-state index contributed by atoms with van der Waals surface area (Å²) >= 11 is 0. The first-order chi connectivity index (χ1) is 13.4. The summed E-state index contributed by atoms with van der Waals surface area (Å²) in [5.41, 5.74) is 0.379. The Balaban J connectivity index is 1.85. The second kappa shape index (κ2) is 10.0. The van der Waals surface area contributed by atoms with Crippen molar-refractivity contribution in [3.05, 3.63) is 60.2 Å². The van der Waals surface area contributed by atoms with Crippen LogP contribution in [0.3, 0.4) is 0 Å². The Morgan fingerprint density at radius 2 is 1.64 bits per heavy atom. The van der Waals surface area contributed by atoms with Gasteiger partial charge in [0.1, 0.15) is 12.3 Å². The highest BCUT2D eigenvalue weighted by molar-refractivity contribution is 5.97. The molecule has 28 heavy (non-hydrogen) atoms. The Kier molecular flexibility index (Phi) is 7.44. The molecule has 0 heterocycles. The molecule has 0 aliphatic rings. The fraction of sp³-hybridized carbons (Fsp3) is 0.211. The Hall–Kier alpha value is -3.49. The molecule has 2 aromatic rings. The number of para-hydroxylation sites is 2. The quantitative estimate of drug-likeness (QED) is 0.674. The molecule has 1 atom stereocenters. The van der Waals surface area contributed by atoms with Crippen LogP contribution in [0.5, 0.6) is 5.75 Å². The molecule has 7 nitrogen and oxygen atoms in total. The Morgan fingerprint density at radius 1 is 1.00 bits per heavy atom. The van der Waals surface area contributed by atoms with E-state index in [-0.39, 0.29) is 11.4 Å². The number of halogens is 2. The van der Waals surface area contributed by atoms with Crippen LogP contribution >= 0.6 is 0 Å². The van der Waals surface area contributed by atoms with Crippen molar-refractivity contribution < 1.29 is 32.6 Å². The smallest absolute Gasteiger partial charge is 0.387 e. The number of rotatable bonds is 8. The fourth-order valence-corrected chi connectivity index (χ4v) is 2.14. The van der Waals surface area contributed by atoms with E-state index in [4.69, 9.17) is 4.74 Å². The largest absolute Gasteiger partial charge is 0.451 e. The third-order valence-electron chi connectivity index (χ3n) is 3.47. The van der Waals surface area contributed by atoms with Gasteiger partial charge in [0.05, 0.1) is 5.69 Å². The van der Waals surface area contributed by atoms with Crippen molar-refractivity contribution in [3.63, 3.8) is 0 Å². The second-order valence-electron chi connectivity index (χ2n) is 5.54. The summed E-state index contributed by atoms with van der Waals surface area (Å²) in [4.78, 5) is 35.8. The molecule has 1 unspecified atom stereocenters. The zero-order valence-corrected chi connectivity index (χ0v) is 14.9. The topological polar surface area (TPSA) is 93.7 Å². The van der Waals surface area contributed by atoms with Gasteiger partial charge in [-0.3, -0.25) is 14.4 Å². The molecule has 2 N–H and O–H groups in total. The number of hydrogen-bond acceptors (Lipinski definition) is 5. The van der Waals surface area contributed by atoms with Crippen LogP contribution in [0.1, 0.15) is 17.3 Å². The minimum atomic E-state index is -3.05. The third-order valence-corrected chi connectivity index (χ3v) is 3.47. The molecule has 0 aliphatic carbocycles. The summed E-state index contributed by atoms with van der Waals surface area (Å²) in [6, 6.07) is 13.9. The van der Waals surface area contributed by atoms with Gasteiger partial charge in [0.2, 0.25) is 0 Å². The minimum Gasteiger partial charge on any atom is -0.451 e. The zero-order chi connectivity index (χ0) is 20.5. The number of nitrogens with one attached hydrogen (secondary N) is 2. The summed E-state index contributed by atoms with van der Waals surface area (Å²) in [6.07, 6.45) is -1.22. The fourth-order valence-electron chi connectivity index (χ4n) is 2.14. The first-order valence-corrected chi connectivity index (χ1v) is 8.24. The first-order valence-electron chi connectivity index (χ1n) is 8.24. The molecule has 0 bridgehead atoms. The van der Waals surface area contributed by atoms with Crippen molar-refractivity contribution in [2.24, 2.45) is 0 Å². The maximum absolute atomic E-state index is 12.4. The van der Waals surface area contributed by atoms with Gasteiger partial charge in [-0.05, 0) is 31.2 Å².